The van der Waals surface area contributed by atoms with Gasteiger partial charge in [-0.15, -0.1) is 0 Å². The van der Waals surface area contributed by atoms with Crippen molar-refractivity contribution >= 4 is 58.1 Å². The first-order valence-corrected chi connectivity index (χ1v) is 10.3. The van der Waals surface area contributed by atoms with E-state index in [9.17, 15) is 14.4 Å². The molecule has 1 aliphatic rings. The molecule has 0 atom stereocenters. The van der Waals surface area contributed by atoms with Crippen LogP contribution in [0.3, 0.4) is 0 Å². The van der Waals surface area contributed by atoms with E-state index in [0.29, 0.717) is 32.8 Å². The quantitative estimate of drug-likeness (QED) is 0.454. The molecule has 0 radical (unpaired) electrons. The predicted molar refractivity (Wildman–Crippen MR) is 120 cm³/mol. The number of rotatable bonds is 5. The third-order valence-corrected chi connectivity index (χ3v) is 5.60. The van der Waals surface area contributed by atoms with Gasteiger partial charge in [-0.2, -0.15) is 0 Å². The van der Waals surface area contributed by atoms with Crippen molar-refractivity contribution in [3.8, 4) is 11.3 Å². The van der Waals surface area contributed by atoms with E-state index in [-0.39, 0.29) is 22.1 Å². The van der Waals surface area contributed by atoms with Crippen LogP contribution in [-0.2, 0) is 4.79 Å². The highest BCUT2D eigenvalue weighted by atomic mass is 35.5. The van der Waals surface area contributed by atoms with Gasteiger partial charge in [-0.05, 0) is 60.3 Å². The standard InChI is InChI=1S/C22H13ClN2O6S/c23-16-9-12(3-7-15(16)21(29)30)17-8-6-14(31-17)10-18-19(26)25-22(32-18)24-13-4-1-11(2-5-13)20(27)28/h1-10H,(H,27,28)(H,29,30)(H,24,25,26)/b18-10-. The second-order valence-electron chi connectivity index (χ2n) is 6.54. The Morgan fingerprint density at radius 3 is 2.44 bits per heavy atom. The van der Waals surface area contributed by atoms with Crippen molar-refractivity contribution < 1.29 is 29.0 Å². The lowest BCUT2D eigenvalue weighted by Crippen LogP contribution is -2.19. The number of benzene rings is 2. The molecule has 1 saturated heterocycles. The summed E-state index contributed by atoms with van der Waals surface area (Å²) in [6.07, 6.45) is 1.56. The van der Waals surface area contributed by atoms with Crippen molar-refractivity contribution in [3.05, 3.63) is 81.4 Å². The first kappa shape index (κ1) is 21.4. The van der Waals surface area contributed by atoms with Gasteiger partial charge in [0.2, 0.25) is 0 Å². The van der Waals surface area contributed by atoms with Crippen LogP contribution < -0.4 is 5.32 Å². The van der Waals surface area contributed by atoms with Crippen LogP contribution in [0.2, 0.25) is 5.02 Å². The Hall–Kier alpha value is -3.82. The zero-order chi connectivity index (χ0) is 22.8. The highest BCUT2D eigenvalue weighted by molar-refractivity contribution is 8.18. The van der Waals surface area contributed by atoms with Gasteiger partial charge in [0.1, 0.15) is 11.5 Å². The molecule has 2 heterocycles. The molecule has 3 aromatic rings. The van der Waals surface area contributed by atoms with Gasteiger partial charge in [-0.3, -0.25) is 4.79 Å². The number of halogens is 1. The maximum Gasteiger partial charge on any atom is 0.337 e. The average Bonchev–Trinajstić information content (AvgIpc) is 3.35. The molecule has 3 N–H and O–H groups in total. The Kier molecular flexibility index (Phi) is 5.85. The van der Waals surface area contributed by atoms with Gasteiger partial charge in [-0.25, -0.2) is 14.6 Å². The summed E-state index contributed by atoms with van der Waals surface area (Å²) < 4.78 is 5.75. The zero-order valence-corrected chi connectivity index (χ0v) is 17.6. The summed E-state index contributed by atoms with van der Waals surface area (Å²) in [6, 6.07) is 13.8. The molecule has 1 fully saturated rings. The number of hydrogen-bond donors (Lipinski definition) is 3. The second-order valence-corrected chi connectivity index (χ2v) is 7.97. The van der Waals surface area contributed by atoms with Crippen LogP contribution in [-0.4, -0.2) is 33.2 Å². The number of nitrogens with zero attached hydrogens (tertiary/aromatic N) is 1. The van der Waals surface area contributed by atoms with E-state index >= 15 is 0 Å². The molecule has 160 valence electrons. The Balaban J connectivity index is 1.52. The first-order valence-electron chi connectivity index (χ1n) is 9.06. The van der Waals surface area contributed by atoms with Crippen molar-refractivity contribution in [3.63, 3.8) is 0 Å². The molecule has 0 spiro atoms. The normalized spacial score (nSPS) is 15.8. The molecule has 8 nitrogen and oxygen atoms in total. The monoisotopic (exact) mass is 468 g/mol. The van der Waals surface area contributed by atoms with Gasteiger partial charge in [0, 0.05) is 11.6 Å². The molecule has 1 aromatic heterocycles. The van der Waals surface area contributed by atoms with Crippen LogP contribution in [0.4, 0.5) is 5.69 Å². The third kappa shape index (κ3) is 4.58. The van der Waals surface area contributed by atoms with Crippen LogP contribution in [0.1, 0.15) is 26.5 Å². The molecule has 32 heavy (non-hydrogen) atoms. The molecule has 10 heteroatoms. The fourth-order valence-electron chi connectivity index (χ4n) is 2.83. The number of amidine groups is 1. The summed E-state index contributed by atoms with van der Waals surface area (Å²) in [6.45, 7) is 0. The highest BCUT2D eigenvalue weighted by Crippen LogP contribution is 2.31. The van der Waals surface area contributed by atoms with Crippen LogP contribution in [0.5, 0.6) is 0 Å². The molecule has 2 aromatic carbocycles. The fraction of sp³-hybridized carbons (Fsp3) is 0. The van der Waals surface area contributed by atoms with E-state index in [1.807, 2.05) is 0 Å². The smallest absolute Gasteiger partial charge is 0.337 e. The number of aliphatic imine (C=N–C) groups is 1. The Morgan fingerprint density at radius 2 is 1.78 bits per heavy atom. The highest BCUT2D eigenvalue weighted by Gasteiger charge is 2.24. The Bertz CT molecular complexity index is 1310. The Labute approximate surface area is 190 Å². The SMILES string of the molecule is O=C1NC(=Nc2ccc(C(=O)O)cc2)S/C1=C\c1ccc(-c2ccc(C(=O)O)c(Cl)c2)o1. The number of thioether (sulfide) groups is 1. The van der Waals surface area contributed by atoms with Crippen molar-refractivity contribution in [2.75, 3.05) is 0 Å². The number of carboxylic acids is 2. The number of carboxylic acid groups (broad SMARTS) is 2. The number of carbonyl (C=O) groups is 3. The summed E-state index contributed by atoms with van der Waals surface area (Å²) in [4.78, 5) is 39.0. The fourth-order valence-corrected chi connectivity index (χ4v) is 3.92. The number of carbonyl (C=O) groups excluding carboxylic acids is 1. The zero-order valence-electron chi connectivity index (χ0n) is 16.0. The molecule has 0 aliphatic carbocycles. The molecule has 0 unspecified atom stereocenters. The summed E-state index contributed by atoms with van der Waals surface area (Å²) >= 11 is 7.13. The molecule has 1 aliphatic heterocycles. The molecule has 4 rings (SSSR count). The summed E-state index contributed by atoms with van der Waals surface area (Å²) in [5, 5.41) is 21.1. The number of aromatic carboxylic acids is 2. The van der Waals surface area contributed by atoms with Gasteiger partial charge in [0.25, 0.3) is 5.91 Å². The number of furan rings is 1. The minimum atomic E-state index is -1.12. The van der Waals surface area contributed by atoms with Crippen LogP contribution >= 0.6 is 23.4 Å². The van der Waals surface area contributed by atoms with Crippen molar-refractivity contribution in [1.29, 1.82) is 0 Å². The molecule has 1 amide bonds. The van der Waals surface area contributed by atoms with E-state index in [1.54, 1.807) is 36.4 Å². The van der Waals surface area contributed by atoms with Crippen molar-refractivity contribution in [2.45, 2.75) is 0 Å². The largest absolute Gasteiger partial charge is 0.478 e. The molecule has 0 bridgehead atoms. The molecular formula is C22H13ClN2O6S. The predicted octanol–water partition coefficient (Wildman–Crippen LogP) is 4.89. The minimum absolute atomic E-state index is 0.00671. The van der Waals surface area contributed by atoms with Gasteiger partial charge in [0.15, 0.2) is 5.17 Å². The number of amides is 1. The van der Waals surface area contributed by atoms with Gasteiger partial charge >= 0.3 is 11.9 Å². The Morgan fingerprint density at radius 1 is 1.03 bits per heavy atom. The minimum Gasteiger partial charge on any atom is -0.478 e. The van der Waals surface area contributed by atoms with E-state index in [0.717, 1.165) is 11.8 Å². The van der Waals surface area contributed by atoms with E-state index in [2.05, 4.69) is 10.3 Å². The summed E-state index contributed by atoms with van der Waals surface area (Å²) in [5.74, 6) is -1.61. The first-order chi connectivity index (χ1) is 15.3. The lowest BCUT2D eigenvalue weighted by molar-refractivity contribution is -0.115. The van der Waals surface area contributed by atoms with Gasteiger partial charge in [-0.1, -0.05) is 17.7 Å². The maximum atomic E-state index is 12.3. The van der Waals surface area contributed by atoms with Gasteiger partial charge in [0.05, 0.1) is 26.7 Å². The topological polar surface area (TPSA) is 129 Å². The summed E-state index contributed by atoms with van der Waals surface area (Å²) in [7, 11) is 0. The third-order valence-electron chi connectivity index (χ3n) is 4.38. The van der Waals surface area contributed by atoms with Crippen LogP contribution in [0.25, 0.3) is 17.4 Å². The maximum absolute atomic E-state index is 12.3. The average molecular weight is 469 g/mol. The molecule has 0 saturated carbocycles. The van der Waals surface area contributed by atoms with E-state index in [4.69, 9.17) is 26.2 Å². The van der Waals surface area contributed by atoms with E-state index < -0.39 is 11.9 Å². The van der Waals surface area contributed by atoms with Crippen molar-refractivity contribution in [1.82, 2.24) is 5.32 Å². The van der Waals surface area contributed by atoms with Crippen LogP contribution in [0.15, 0.2) is 68.9 Å². The lowest BCUT2D eigenvalue weighted by Gasteiger charge is -2.01. The molecular weight excluding hydrogens is 456 g/mol. The summed E-state index contributed by atoms with van der Waals surface area (Å²) in [5.41, 5.74) is 1.24. The number of hydrogen-bond acceptors (Lipinski definition) is 6. The second kappa shape index (κ2) is 8.74. The van der Waals surface area contributed by atoms with Crippen LogP contribution in [0, 0.1) is 0 Å². The lowest BCUT2D eigenvalue weighted by atomic mass is 10.1. The van der Waals surface area contributed by atoms with Crippen molar-refractivity contribution in [2.24, 2.45) is 4.99 Å². The van der Waals surface area contributed by atoms with E-state index in [1.165, 1.54) is 24.3 Å². The number of nitrogens with one attached hydrogen (secondary N) is 1. The van der Waals surface area contributed by atoms with Gasteiger partial charge < -0.3 is 19.9 Å².